The minimum absolute atomic E-state index is 0.258. The second-order valence-electron chi connectivity index (χ2n) is 2.19. The first-order valence-corrected chi connectivity index (χ1v) is 3.18. The van der Waals surface area contributed by atoms with E-state index in [4.69, 9.17) is 0 Å². The predicted molar refractivity (Wildman–Crippen MR) is 34.2 cm³/mol. The van der Waals surface area contributed by atoms with Gasteiger partial charge in [-0.2, -0.15) is 0 Å². The Kier molecular flexibility index (Phi) is 2.14. The molecule has 1 heterocycles. The number of nitrogens with one attached hydrogen (secondary N) is 1. The topological polar surface area (TPSA) is 92.3 Å². The highest BCUT2D eigenvalue weighted by Gasteiger charge is 2.10. The van der Waals surface area contributed by atoms with Gasteiger partial charge >= 0.3 is 0 Å². The second kappa shape index (κ2) is 3.08. The van der Waals surface area contributed by atoms with Crippen molar-refractivity contribution in [2.45, 2.75) is 6.04 Å². The quantitative estimate of drug-likeness (QED) is 0.470. The third-order valence-electron chi connectivity index (χ3n) is 1.35. The molecule has 0 aromatic carbocycles. The maximum absolute atomic E-state index is 10.3. The second-order valence-corrected chi connectivity index (χ2v) is 2.19. The van der Waals surface area contributed by atoms with Crippen LogP contribution in [0.15, 0.2) is 23.9 Å². The lowest BCUT2D eigenvalue weighted by atomic mass is 10.2. The van der Waals surface area contributed by atoms with E-state index in [1.54, 1.807) is 0 Å². The van der Waals surface area contributed by atoms with Gasteiger partial charge in [-0.05, 0) is 6.08 Å². The summed E-state index contributed by atoms with van der Waals surface area (Å²) in [7, 11) is 0. The number of aliphatic carboxylic acids is 2. The van der Waals surface area contributed by atoms with Gasteiger partial charge in [0.1, 0.15) is 0 Å². The summed E-state index contributed by atoms with van der Waals surface area (Å²) in [5.41, 5.74) is -0.258. The summed E-state index contributed by atoms with van der Waals surface area (Å²) in [5.74, 6) is -2.82. The molecular weight excluding hydrogens is 162 g/mol. The summed E-state index contributed by atoms with van der Waals surface area (Å²) in [4.78, 5) is 20.5. The van der Waals surface area contributed by atoms with E-state index in [9.17, 15) is 19.8 Å². The van der Waals surface area contributed by atoms with Crippen molar-refractivity contribution in [2.24, 2.45) is 0 Å². The Balaban J connectivity index is 2.74. The van der Waals surface area contributed by atoms with Gasteiger partial charge in [0, 0.05) is 0 Å². The highest BCUT2D eigenvalue weighted by atomic mass is 16.4. The van der Waals surface area contributed by atoms with E-state index in [0.717, 1.165) is 0 Å². The average Bonchev–Trinajstić information content (AvgIpc) is 2.04. The maximum atomic E-state index is 10.3. The smallest absolute Gasteiger partial charge is 0.0874 e. The number of allylic oxidation sites excluding steroid dienone is 2. The van der Waals surface area contributed by atoms with Crippen LogP contribution < -0.4 is 15.5 Å². The summed E-state index contributed by atoms with van der Waals surface area (Å²) in [5, 5.41) is 22.7. The van der Waals surface area contributed by atoms with Crippen molar-refractivity contribution >= 4 is 11.9 Å². The molecule has 1 aliphatic rings. The van der Waals surface area contributed by atoms with E-state index in [-0.39, 0.29) is 5.70 Å². The number of rotatable bonds is 2. The number of carboxylic acid groups (broad SMARTS) is 2. The van der Waals surface area contributed by atoms with Crippen LogP contribution in [0.25, 0.3) is 0 Å². The fourth-order valence-corrected chi connectivity index (χ4v) is 0.791. The molecule has 1 aliphatic heterocycles. The van der Waals surface area contributed by atoms with E-state index in [1.165, 1.54) is 18.2 Å². The van der Waals surface area contributed by atoms with Crippen molar-refractivity contribution in [3.05, 3.63) is 23.9 Å². The Labute approximate surface area is 68.0 Å². The van der Waals surface area contributed by atoms with Gasteiger partial charge in [0.2, 0.25) is 0 Å². The Morgan fingerprint density at radius 2 is 2.08 bits per heavy atom. The van der Waals surface area contributed by atoms with E-state index < -0.39 is 18.0 Å². The van der Waals surface area contributed by atoms with E-state index in [1.807, 2.05) is 0 Å². The molecule has 0 saturated carbocycles. The molecule has 1 unspecified atom stereocenters. The highest BCUT2D eigenvalue weighted by molar-refractivity contribution is 5.87. The molecule has 1 N–H and O–H groups in total. The van der Waals surface area contributed by atoms with Crippen molar-refractivity contribution in [3.63, 3.8) is 0 Å². The molecule has 5 heteroatoms. The molecule has 0 radical (unpaired) electrons. The zero-order chi connectivity index (χ0) is 9.14. The standard InChI is InChI=1S/C7H7NO4/c9-6(10)4-2-1-3-5(8-4)7(11)12/h1-4,8H,(H,9,10)(H,11,12)/p-2. The number of carbonyl (C=O) groups excluding carboxylic acids is 2. The molecule has 0 aromatic heterocycles. The first-order valence-electron chi connectivity index (χ1n) is 3.18. The summed E-state index contributed by atoms with van der Waals surface area (Å²) in [6.07, 6.45) is 3.82. The van der Waals surface area contributed by atoms with Crippen molar-refractivity contribution in [2.75, 3.05) is 0 Å². The van der Waals surface area contributed by atoms with E-state index in [2.05, 4.69) is 5.32 Å². The summed E-state index contributed by atoms with van der Waals surface area (Å²) < 4.78 is 0. The number of hydrogen-bond acceptors (Lipinski definition) is 5. The highest BCUT2D eigenvalue weighted by Crippen LogP contribution is 2.00. The fourth-order valence-electron chi connectivity index (χ4n) is 0.791. The van der Waals surface area contributed by atoms with Crippen LogP contribution in [-0.2, 0) is 9.59 Å². The zero-order valence-corrected chi connectivity index (χ0v) is 5.94. The van der Waals surface area contributed by atoms with Crippen LogP contribution in [0.4, 0.5) is 0 Å². The molecule has 1 atom stereocenters. The SMILES string of the molecule is O=C([O-])C1=CC=CC(C(=O)[O-])N1. The Bertz CT molecular complexity index is 279. The number of dihydropyridines is 1. The molecule has 0 amide bonds. The minimum atomic E-state index is -1.44. The first-order chi connectivity index (χ1) is 5.61. The molecule has 64 valence electrons. The maximum Gasteiger partial charge on any atom is 0.0874 e. The number of carbonyl (C=O) groups is 2. The molecule has 0 saturated heterocycles. The molecule has 1 rings (SSSR count). The van der Waals surface area contributed by atoms with Gasteiger partial charge in [0.25, 0.3) is 0 Å². The van der Waals surface area contributed by atoms with Gasteiger partial charge in [0.05, 0.1) is 23.7 Å². The predicted octanol–water partition coefficient (Wildman–Crippen LogP) is -3.10. The molecular formula is C7H5NO4-2. The lowest BCUT2D eigenvalue weighted by molar-refractivity contribution is -0.307. The third kappa shape index (κ3) is 1.63. The molecule has 0 fully saturated rings. The van der Waals surface area contributed by atoms with Crippen LogP contribution in [0.3, 0.4) is 0 Å². The third-order valence-corrected chi connectivity index (χ3v) is 1.35. The number of hydrogen-bond donors (Lipinski definition) is 1. The molecule has 0 aromatic rings. The van der Waals surface area contributed by atoms with Crippen LogP contribution in [0.2, 0.25) is 0 Å². The lowest BCUT2D eigenvalue weighted by Crippen LogP contribution is -2.47. The number of carboxylic acids is 2. The van der Waals surface area contributed by atoms with Crippen molar-refractivity contribution in [1.29, 1.82) is 0 Å². The Morgan fingerprint density at radius 1 is 1.42 bits per heavy atom. The molecule has 5 nitrogen and oxygen atoms in total. The minimum Gasteiger partial charge on any atom is -0.548 e. The van der Waals surface area contributed by atoms with Crippen LogP contribution in [0.5, 0.6) is 0 Å². The van der Waals surface area contributed by atoms with Gasteiger partial charge in [-0.3, -0.25) is 0 Å². The average molecular weight is 167 g/mol. The fraction of sp³-hybridized carbons (Fsp3) is 0.143. The monoisotopic (exact) mass is 167 g/mol. The van der Waals surface area contributed by atoms with Gasteiger partial charge in [-0.25, -0.2) is 0 Å². The largest absolute Gasteiger partial charge is 0.548 e. The zero-order valence-electron chi connectivity index (χ0n) is 5.94. The van der Waals surface area contributed by atoms with Crippen molar-refractivity contribution in [3.8, 4) is 0 Å². The Morgan fingerprint density at radius 3 is 2.58 bits per heavy atom. The van der Waals surface area contributed by atoms with Crippen LogP contribution in [0, 0.1) is 0 Å². The van der Waals surface area contributed by atoms with Gasteiger partial charge in [-0.1, -0.05) is 12.2 Å². The summed E-state index contributed by atoms with van der Waals surface area (Å²) >= 11 is 0. The van der Waals surface area contributed by atoms with Gasteiger partial charge < -0.3 is 25.1 Å². The van der Waals surface area contributed by atoms with Crippen molar-refractivity contribution in [1.82, 2.24) is 5.32 Å². The van der Waals surface area contributed by atoms with Crippen LogP contribution in [0.1, 0.15) is 0 Å². The van der Waals surface area contributed by atoms with Crippen LogP contribution in [-0.4, -0.2) is 18.0 Å². The molecule has 0 aliphatic carbocycles. The van der Waals surface area contributed by atoms with Crippen LogP contribution >= 0.6 is 0 Å². The lowest BCUT2D eigenvalue weighted by Gasteiger charge is -2.22. The summed E-state index contributed by atoms with van der Waals surface area (Å²) in [6, 6.07) is -1.09. The van der Waals surface area contributed by atoms with E-state index in [0.29, 0.717) is 0 Å². The first kappa shape index (κ1) is 8.32. The molecule has 0 spiro atoms. The van der Waals surface area contributed by atoms with Gasteiger partial charge in [-0.15, -0.1) is 0 Å². The van der Waals surface area contributed by atoms with Gasteiger partial charge in [0.15, 0.2) is 0 Å². The Hall–Kier alpha value is -1.78. The summed E-state index contributed by atoms with van der Waals surface area (Å²) in [6.45, 7) is 0. The van der Waals surface area contributed by atoms with Crippen molar-refractivity contribution < 1.29 is 19.8 Å². The molecule has 0 bridgehead atoms. The van der Waals surface area contributed by atoms with E-state index >= 15 is 0 Å². The normalized spacial score (nSPS) is 21.0. The molecule has 12 heavy (non-hydrogen) atoms.